The summed E-state index contributed by atoms with van der Waals surface area (Å²) in [6.07, 6.45) is 10.8. The average Bonchev–Trinajstić information content (AvgIpc) is 3.71. The third-order valence-electron chi connectivity index (χ3n) is 8.78. The van der Waals surface area contributed by atoms with E-state index < -0.39 is 6.04 Å². The highest BCUT2D eigenvalue weighted by molar-refractivity contribution is 6.06. The van der Waals surface area contributed by atoms with Crippen molar-refractivity contribution >= 4 is 23.4 Å². The first kappa shape index (κ1) is 25.0. The first-order valence-electron chi connectivity index (χ1n) is 14.2. The summed E-state index contributed by atoms with van der Waals surface area (Å²) in [5.74, 6) is 0.117. The van der Waals surface area contributed by atoms with Gasteiger partial charge in [-0.15, -0.1) is 0 Å². The SMILES string of the molecule is O=C1CCC(N2Cc3c(cccc3N(CCC3CC3)C3CCC(NCc4ccccn4)CC3)C2=O)C(=O)N1. The van der Waals surface area contributed by atoms with Crippen molar-refractivity contribution in [1.82, 2.24) is 20.5 Å². The second-order valence-corrected chi connectivity index (χ2v) is 11.3. The molecule has 1 aromatic carbocycles. The molecule has 2 aromatic rings. The van der Waals surface area contributed by atoms with E-state index in [4.69, 9.17) is 0 Å². The zero-order chi connectivity index (χ0) is 26.1. The maximum Gasteiger partial charge on any atom is 0.255 e. The lowest BCUT2D eigenvalue weighted by atomic mass is 9.89. The largest absolute Gasteiger partial charge is 0.368 e. The number of fused-ring (bicyclic) bond motifs is 1. The number of hydrogen-bond donors (Lipinski definition) is 2. The number of hydrogen-bond acceptors (Lipinski definition) is 6. The summed E-state index contributed by atoms with van der Waals surface area (Å²) < 4.78 is 0. The Morgan fingerprint density at radius 3 is 2.55 bits per heavy atom. The van der Waals surface area contributed by atoms with Gasteiger partial charge in [0.25, 0.3) is 5.91 Å². The predicted octanol–water partition coefficient (Wildman–Crippen LogP) is 3.55. The van der Waals surface area contributed by atoms with Crippen LogP contribution in [0.1, 0.15) is 79.4 Å². The van der Waals surface area contributed by atoms with E-state index in [2.05, 4.69) is 32.7 Å². The van der Waals surface area contributed by atoms with Gasteiger partial charge in [0.15, 0.2) is 0 Å². The molecule has 2 aliphatic carbocycles. The topological polar surface area (TPSA) is 94.6 Å². The minimum atomic E-state index is -0.582. The fourth-order valence-electron chi connectivity index (χ4n) is 6.41. The fourth-order valence-corrected chi connectivity index (χ4v) is 6.41. The van der Waals surface area contributed by atoms with Crippen LogP contribution in [0.2, 0.25) is 0 Å². The van der Waals surface area contributed by atoms with E-state index >= 15 is 0 Å². The number of nitrogens with one attached hydrogen (secondary N) is 2. The Balaban J connectivity index is 1.17. The van der Waals surface area contributed by atoms with E-state index in [-0.39, 0.29) is 24.1 Å². The molecule has 0 radical (unpaired) electrons. The number of anilines is 1. The lowest BCUT2D eigenvalue weighted by Gasteiger charge is -2.40. The molecule has 38 heavy (non-hydrogen) atoms. The van der Waals surface area contributed by atoms with Gasteiger partial charge in [-0.25, -0.2) is 0 Å². The minimum absolute atomic E-state index is 0.0964. The highest BCUT2D eigenvalue weighted by Gasteiger charge is 2.41. The van der Waals surface area contributed by atoms with Crippen molar-refractivity contribution < 1.29 is 14.4 Å². The van der Waals surface area contributed by atoms with Gasteiger partial charge in [0.2, 0.25) is 11.8 Å². The molecule has 3 fully saturated rings. The number of aromatic nitrogens is 1. The van der Waals surface area contributed by atoms with Crippen LogP contribution in [0.4, 0.5) is 5.69 Å². The van der Waals surface area contributed by atoms with Crippen molar-refractivity contribution in [3.8, 4) is 0 Å². The van der Waals surface area contributed by atoms with E-state index in [1.807, 2.05) is 30.5 Å². The summed E-state index contributed by atoms with van der Waals surface area (Å²) in [4.78, 5) is 46.3. The lowest BCUT2D eigenvalue weighted by molar-refractivity contribution is -0.136. The van der Waals surface area contributed by atoms with Crippen molar-refractivity contribution in [2.24, 2.45) is 5.92 Å². The van der Waals surface area contributed by atoms with Crippen molar-refractivity contribution in [3.05, 3.63) is 59.4 Å². The normalized spacial score (nSPS) is 25.3. The molecule has 1 aromatic heterocycles. The third kappa shape index (κ3) is 5.32. The molecule has 1 saturated heterocycles. The number of rotatable bonds is 9. The Kier molecular flexibility index (Phi) is 7.15. The van der Waals surface area contributed by atoms with Gasteiger partial charge < -0.3 is 15.1 Å². The Morgan fingerprint density at radius 1 is 0.974 bits per heavy atom. The first-order chi connectivity index (χ1) is 18.6. The van der Waals surface area contributed by atoms with Crippen LogP contribution < -0.4 is 15.5 Å². The van der Waals surface area contributed by atoms with Gasteiger partial charge in [-0.2, -0.15) is 0 Å². The van der Waals surface area contributed by atoms with Gasteiger partial charge in [-0.1, -0.05) is 25.0 Å². The summed E-state index contributed by atoms with van der Waals surface area (Å²) >= 11 is 0. The lowest BCUT2D eigenvalue weighted by Crippen LogP contribution is -2.52. The fraction of sp³-hybridized carbons (Fsp3) is 0.533. The maximum atomic E-state index is 13.4. The van der Waals surface area contributed by atoms with Crippen molar-refractivity contribution in [2.45, 2.75) is 89.0 Å². The quantitative estimate of drug-likeness (QED) is 0.496. The molecule has 2 saturated carbocycles. The number of carbonyl (C=O) groups is 3. The predicted molar refractivity (Wildman–Crippen MR) is 144 cm³/mol. The van der Waals surface area contributed by atoms with Gasteiger partial charge in [0.1, 0.15) is 6.04 Å². The average molecular weight is 516 g/mol. The van der Waals surface area contributed by atoms with Crippen LogP contribution >= 0.6 is 0 Å². The van der Waals surface area contributed by atoms with Crippen molar-refractivity contribution in [3.63, 3.8) is 0 Å². The summed E-state index contributed by atoms with van der Waals surface area (Å²) in [5.41, 5.74) is 3.96. The molecule has 6 rings (SSSR count). The number of benzene rings is 1. The Bertz CT molecular complexity index is 1190. The van der Waals surface area contributed by atoms with Crippen LogP contribution in [0, 0.1) is 5.92 Å². The van der Waals surface area contributed by atoms with Gasteiger partial charge in [0.05, 0.1) is 5.69 Å². The summed E-state index contributed by atoms with van der Waals surface area (Å²) in [6.45, 7) is 2.23. The molecule has 0 spiro atoms. The van der Waals surface area contributed by atoms with Gasteiger partial charge in [0, 0.05) is 61.1 Å². The summed E-state index contributed by atoms with van der Waals surface area (Å²) in [5, 5.41) is 6.12. The molecule has 4 aliphatic rings. The van der Waals surface area contributed by atoms with Crippen LogP contribution in [0.3, 0.4) is 0 Å². The Hall–Kier alpha value is -3.26. The molecular formula is C30H37N5O3. The van der Waals surface area contributed by atoms with E-state index in [1.54, 1.807) is 4.90 Å². The van der Waals surface area contributed by atoms with Crippen LogP contribution in [0.15, 0.2) is 42.6 Å². The molecule has 8 heteroatoms. The molecule has 200 valence electrons. The van der Waals surface area contributed by atoms with Gasteiger partial charge in [-0.05, 0) is 68.7 Å². The highest BCUT2D eigenvalue weighted by atomic mass is 16.2. The molecule has 1 atom stereocenters. The number of carbonyl (C=O) groups excluding carboxylic acids is 3. The third-order valence-corrected chi connectivity index (χ3v) is 8.78. The monoisotopic (exact) mass is 515 g/mol. The molecule has 2 aliphatic heterocycles. The van der Waals surface area contributed by atoms with Crippen LogP contribution in [0.25, 0.3) is 0 Å². The number of nitrogens with zero attached hydrogens (tertiary/aromatic N) is 3. The molecule has 0 bridgehead atoms. The molecule has 3 amide bonds. The second-order valence-electron chi connectivity index (χ2n) is 11.3. The standard InChI is InChI=1S/C30H37N5O3/c36-28-14-13-27(29(37)33-28)35-19-25-24(30(35)38)5-3-6-26(25)34(17-15-20-7-8-20)23-11-9-21(10-12-23)32-18-22-4-1-2-16-31-22/h1-6,16,20-21,23,27,32H,7-15,17-19H2,(H,33,36,37). The maximum absolute atomic E-state index is 13.4. The van der Waals surface area contributed by atoms with E-state index in [9.17, 15) is 14.4 Å². The molecular weight excluding hydrogens is 478 g/mol. The zero-order valence-electron chi connectivity index (χ0n) is 21.9. The molecule has 3 heterocycles. The van der Waals surface area contributed by atoms with E-state index in [0.717, 1.165) is 61.6 Å². The minimum Gasteiger partial charge on any atom is -0.368 e. The number of pyridine rings is 1. The van der Waals surface area contributed by atoms with Crippen molar-refractivity contribution in [1.29, 1.82) is 0 Å². The number of amides is 3. The first-order valence-corrected chi connectivity index (χ1v) is 14.2. The molecule has 2 N–H and O–H groups in total. The van der Waals surface area contributed by atoms with Crippen LogP contribution in [-0.4, -0.2) is 52.3 Å². The number of imide groups is 1. The Labute approximate surface area is 224 Å². The molecule has 1 unspecified atom stereocenters. The molecule has 8 nitrogen and oxygen atoms in total. The number of piperidine rings is 1. The second kappa shape index (κ2) is 10.8. The Morgan fingerprint density at radius 2 is 1.82 bits per heavy atom. The smallest absolute Gasteiger partial charge is 0.255 e. The van der Waals surface area contributed by atoms with E-state index in [1.165, 1.54) is 19.3 Å². The summed E-state index contributed by atoms with van der Waals surface area (Å²) in [6, 6.07) is 12.4. The van der Waals surface area contributed by atoms with Gasteiger partial charge in [-0.3, -0.25) is 24.7 Å². The van der Waals surface area contributed by atoms with Crippen LogP contribution in [-0.2, 0) is 22.7 Å². The summed E-state index contributed by atoms with van der Waals surface area (Å²) in [7, 11) is 0. The van der Waals surface area contributed by atoms with E-state index in [0.29, 0.717) is 30.6 Å². The van der Waals surface area contributed by atoms with Gasteiger partial charge >= 0.3 is 0 Å². The zero-order valence-corrected chi connectivity index (χ0v) is 21.9. The van der Waals surface area contributed by atoms with Crippen molar-refractivity contribution in [2.75, 3.05) is 11.4 Å². The van der Waals surface area contributed by atoms with Crippen LogP contribution in [0.5, 0.6) is 0 Å². The highest BCUT2D eigenvalue weighted by Crippen LogP contribution is 2.39.